The number of rotatable bonds is 6. The zero-order valence-corrected chi connectivity index (χ0v) is 23.0. The van der Waals surface area contributed by atoms with Gasteiger partial charge >= 0.3 is 12.1 Å². The summed E-state index contributed by atoms with van der Waals surface area (Å²) >= 11 is 0. The van der Waals surface area contributed by atoms with Crippen molar-refractivity contribution in [2.75, 3.05) is 41.3 Å². The highest BCUT2D eigenvalue weighted by Gasteiger charge is 2.39. The predicted octanol–water partition coefficient (Wildman–Crippen LogP) is 3.82. The van der Waals surface area contributed by atoms with Crippen LogP contribution in [0.25, 0.3) is 5.65 Å². The summed E-state index contributed by atoms with van der Waals surface area (Å²) in [5.41, 5.74) is 0.325. The van der Waals surface area contributed by atoms with Gasteiger partial charge in [-0.15, -0.1) is 0 Å². The zero-order valence-electron chi connectivity index (χ0n) is 23.0. The van der Waals surface area contributed by atoms with Crippen molar-refractivity contribution in [3.8, 4) is 6.07 Å². The van der Waals surface area contributed by atoms with E-state index in [1.54, 1.807) is 41.1 Å². The third-order valence-corrected chi connectivity index (χ3v) is 7.18. The second-order valence-electron chi connectivity index (χ2n) is 10.1. The Kier molecular flexibility index (Phi) is 7.27. The van der Waals surface area contributed by atoms with Gasteiger partial charge in [0, 0.05) is 56.9 Å². The van der Waals surface area contributed by atoms with Gasteiger partial charge in [-0.2, -0.15) is 23.5 Å². The number of anilines is 3. The molecule has 4 heterocycles. The number of nitrogens with zero attached hydrogens (tertiary/aromatic N) is 7. The molecule has 0 spiro atoms. The first-order valence-electron chi connectivity index (χ1n) is 13.1. The summed E-state index contributed by atoms with van der Waals surface area (Å²) in [6.45, 7) is 4.40. The molecule has 1 saturated heterocycles. The number of aromatic carboxylic acids is 1. The van der Waals surface area contributed by atoms with Gasteiger partial charge in [-0.25, -0.2) is 9.78 Å². The van der Waals surface area contributed by atoms with Gasteiger partial charge in [-0.1, -0.05) is 12.1 Å². The summed E-state index contributed by atoms with van der Waals surface area (Å²) in [4.78, 5) is 33.3. The molecule has 3 aromatic heterocycles. The maximum atomic E-state index is 13.6. The van der Waals surface area contributed by atoms with E-state index >= 15 is 0 Å². The molecule has 1 atom stereocenters. The van der Waals surface area contributed by atoms with Crippen molar-refractivity contribution < 1.29 is 23.1 Å². The van der Waals surface area contributed by atoms with Gasteiger partial charge in [0.25, 0.3) is 5.56 Å². The van der Waals surface area contributed by atoms with Crippen LogP contribution in [-0.2, 0) is 13.2 Å². The Bertz CT molecular complexity index is 1780. The number of carboxylic acid groups (broad SMARTS) is 1. The van der Waals surface area contributed by atoms with E-state index in [1.165, 1.54) is 23.7 Å². The van der Waals surface area contributed by atoms with Gasteiger partial charge in [0.1, 0.15) is 11.7 Å². The quantitative estimate of drug-likeness (QED) is 0.349. The highest BCUT2D eigenvalue weighted by molar-refractivity contribution is 5.94. The number of benzene rings is 1. The van der Waals surface area contributed by atoms with Gasteiger partial charge < -0.3 is 20.2 Å². The van der Waals surface area contributed by atoms with Crippen molar-refractivity contribution in [3.05, 3.63) is 81.0 Å². The number of alkyl halides is 3. The van der Waals surface area contributed by atoms with Crippen LogP contribution in [-0.4, -0.2) is 56.4 Å². The van der Waals surface area contributed by atoms with Crippen LogP contribution in [0.2, 0.25) is 0 Å². The number of pyridine rings is 1. The van der Waals surface area contributed by atoms with Crippen LogP contribution in [0, 0.1) is 18.3 Å². The maximum absolute atomic E-state index is 13.6. The molecule has 0 amide bonds. The number of carboxylic acids is 1. The number of nitriles is 1. The number of fused-ring (bicyclic) bond motifs is 1. The molecule has 1 aromatic carbocycles. The first-order chi connectivity index (χ1) is 19.9. The fourth-order valence-electron chi connectivity index (χ4n) is 5.22. The lowest BCUT2D eigenvalue weighted by atomic mass is 10.1. The summed E-state index contributed by atoms with van der Waals surface area (Å²) in [6.07, 6.45) is -1.71. The van der Waals surface area contributed by atoms with Crippen LogP contribution in [0.1, 0.15) is 45.7 Å². The van der Waals surface area contributed by atoms with Crippen molar-refractivity contribution in [3.63, 3.8) is 0 Å². The minimum absolute atomic E-state index is 0.0315. The van der Waals surface area contributed by atoms with E-state index in [2.05, 4.69) is 10.4 Å². The van der Waals surface area contributed by atoms with Crippen LogP contribution < -0.4 is 20.7 Å². The molecular weight excluding hydrogens is 553 g/mol. The molecule has 11 nitrogen and oxygen atoms in total. The summed E-state index contributed by atoms with van der Waals surface area (Å²) in [6, 6.07) is 9.75. The van der Waals surface area contributed by atoms with E-state index in [1.807, 2.05) is 19.1 Å². The van der Waals surface area contributed by atoms with Gasteiger partial charge in [0.15, 0.2) is 17.1 Å². The van der Waals surface area contributed by atoms with Crippen LogP contribution in [0.5, 0.6) is 0 Å². The number of aryl methyl sites for hydroxylation is 2. The molecule has 14 heteroatoms. The molecule has 218 valence electrons. The minimum atomic E-state index is -4.61. The number of hydrogen-bond donors (Lipinski definition) is 2. The SMILES string of the molecule is Cc1cc([C@@H](C)Nc2ccccc2C(=O)O)c2nc(N3CCN(c4cn(C)nc4C(F)(F)F)CC3)c(C#N)c(=O)n2c1. The molecule has 2 N–H and O–H groups in total. The van der Waals surface area contributed by atoms with Crippen LogP contribution in [0.4, 0.5) is 30.4 Å². The lowest BCUT2D eigenvalue weighted by Gasteiger charge is -2.36. The zero-order chi connectivity index (χ0) is 30.3. The average Bonchev–Trinajstić information content (AvgIpc) is 3.35. The molecule has 0 bridgehead atoms. The largest absolute Gasteiger partial charge is 0.478 e. The number of aromatic nitrogens is 4. The summed E-state index contributed by atoms with van der Waals surface area (Å²) in [7, 11) is 1.43. The lowest BCUT2D eigenvalue weighted by Crippen LogP contribution is -2.48. The molecule has 0 radical (unpaired) electrons. The Balaban J connectivity index is 1.51. The van der Waals surface area contributed by atoms with Crippen LogP contribution in [0.15, 0.2) is 47.5 Å². The smallest absolute Gasteiger partial charge is 0.437 e. The maximum Gasteiger partial charge on any atom is 0.437 e. The highest BCUT2D eigenvalue weighted by atomic mass is 19.4. The first kappa shape index (κ1) is 28.5. The Hall–Kier alpha value is -5.06. The number of hydrogen-bond acceptors (Lipinski definition) is 8. The van der Waals surface area contributed by atoms with Crippen molar-refractivity contribution in [2.24, 2.45) is 7.05 Å². The Labute approximate surface area is 238 Å². The summed E-state index contributed by atoms with van der Waals surface area (Å²) < 4.78 is 43.1. The standard InChI is InChI=1S/C28H27F3N8O3/c1-16-12-19(17(2)33-21-7-5-4-6-18(21)27(41)42)25-34-24(20(13-32)26(40)39(25)14-16)38-10-8-37(9-11-38)22-15-36(3)35-23(22)28(29,30)31/h4-7,12,14-15,17,33H,8-11H2,1-3H3,(H,41,42)/t17-/m1/s1. The molecule has 0 unspecified atom stereocenters. The van der Waals surface area contributed by atoms with E-state index < -0.39 is 29.4 Å². The number of piperazine rings is 1. The lowest BCUT2D eigenvalue weighted by molar-refractivity contribution is -0.141. The molecule has 0 saturated carbocycles. The molecule has 1 aliphatic heterocycles. The van der Waals surface area contributed by atoms with E-state index in [4.69, 9.17) is 4.98 Å². The third kappa shape index (κ3) is 5.20. The molecule has 1 fully saturated rings. The molecule has 4 aromatic rings. The Morgan fingerprint density at radius 1 is 1.14 bits per heavy atom. The van der Waals surface area contributed by atoms with Crippen molar-refractivity contribution in [1.82, 2.24) is 19.2 Å². The van der Waals surface area contributed by atoms with Crippen LogP contribution in [0.3, 0.4) is 0 Å². The Morgan fingerprint density at radius 2 is 1.81 bits per heavy atom. The van der Waals surface area contributed by atoms with Crippen molar-refractivity contribution >= 4 is 28.8 Å². The van der Waals surface area contributed by atoms with E-state index in [0.717, 1.165) is 10.2 Å². The highest BCUT2D eigenvalue weighted by Crippen LogP contribution is 2.36. The topological polar surface area (TPSA) is 132 Å². The second-order valence-corrected chi connectivity index (χ2v) is 10.1. The predicted molar refractivity (Wildman–Crippen MR) is 149 cm³/mol. The minimum Gasteiger partial charge on any atom is -0.478 e. The van der Waals surface area contributed by atoms with E-state index in [-0.39, 0.29) is 54.5 Å². The van der Waals surface area contributed by atoms with Crippen LogP contribution >= 0.6 is 0 Å². The molecular formula is C28H27F3N8O3. The third-order valence-electron chi connectivity index (χ3n) is 7.18. The van der Waals surface area contributed by atoms with Crippen molar-refractivity contribution in [1.29, 1.82) is 5.26 Å². The summed E-state index contributed by atoms with van der Waals surface area (Å²) in [5.74, 6) is -0.949. The molecule has 5 rings (SSSR count). The summed E-state index contributed by atoms with van der Waals surface area (Å²) in [5, 5.41) is 26.3. The molecule has 1 aliphatic rings. The van der Waals surface area contributed by atoms with Gasteiger partial charge in [-0.05, 0) is 37.6 Å². The average molecular weight is 581 g/mol. The van der Waals surface area contributed by atoms with Crippen molar-refractivity contribution in [2.45, 2.75) is 26.1 Å². The van der Waals surface area contributed by atoms with Gasteiger partial charge in [0.2, 0.25) is 0 Å². The fraction of sp³-hybridized carbons (Fsp3) is 0.321. The molecule has 0 aliphatic carbocycles. The van der Waals surface area contributed by atoms with Gasteiger partial charge in [-0.3, -0.25) is 13.9 Å². The normalized spacial score (nSPS) is 14.6. The van der Waals surface area contributed by atoms with E-state index in [9.17, 15) is 33.1 Å². The number of carbonyl (C=O) groups is 1. The Morgan fingerprint density at radius 3 is 2.45 bits per heavy atom. The fourth-order valence-corrected chi connectivity index (χ4v) is 5.22. The number of para-hydroxylation sites is 1. The second kappa shape index (κ2) is 10.7. The van der Waals surface area contributed by atoms with E-state index in [0.29, 0.717) is 11.3 Å². The molecule has 42 heavy (non-hydrogen) atoms. The monoisotopic (exact) mass is 580 g/mol. The first-order valence-corrected chi connectivity index (χ1v) is 13.1. The number of halogens is 3. The number of nitrogens with one attached hydrogen (secondary N) is 1. The van der Waals surface area contributed by atoms with Gasteiger partial charge in [0.05, 0.1) is 17.3 Å².